The van der Waals surface area contributed by atoms with Crippen LogP contribution in [0.5, 0.6) is 0 Å². The zero-order chi connectivity index (χ0) is 48.8. The van der Waals surface area contributed by atoms with Gasteiger partial charge in [-0.2, -0.15) is 0 Å². The first-order valence-corrected chi connectivity index (χ1v) is 26.1. The van der Waals surface area contributed by atoms with E-state index in [-0.39, 0.29) is 56.8 Å². The third-order valence-corrected chi connectivity index (χ3v) is 12.9. The normalized spacial score (nSPS) is 21.4. The van der Waals surface area contributed by atoms with Crippen LogP contribution in [0.4, 0.5) is 19.2 Å². The van der Waals surface area contributed by atoms with E-state index in [9.17, 15) is 29.1 Å². The second-order valence-corrected chi connectivity index (χ2v) is 18.2. The molecule has 17 nitrogen and oxygen atoms in total. The van der Waals surface area contributed by atoms with Crippen molar-refractivity contribution >= 4 is 30.3 Å². The zero-order valence-electron chi connectivity index (χ0n) is 41.9. The van der Waals surface area contributed by atoms with Crippen LogP contribution in [0.25, 0.3) is 0 Å². The van der Waals surface area contributed by atoms with E-state index in [1.165, 1.54) is 42.1 Å². The van der Waals surface area contributed by atoms with Crippen molar-refractivity contribution < 1.29 is 62.2 Å². The highest BCUT2D eigenvalue weighted by atomic mass is 16.6. The van der Waals surface area contributed by atoms with Crippen LogP contribution in [-0.4, -0.2) is 121 Å². The molecular formula is C50H88N4O13. The number of aliphatic hydroxyl groups excluding tert-OH is 1. The number of amides is 4. The second kappa shape index (κ2) is 33.6. The van der Waals surface area contributed by atoms with E-state index in [4.69, 9.17) is 33.2 Å². The summed E-state index contributed by atoms with van der Waals surface area (Å²) in [6.45, 7) is 11.2. The SMILES string of the molecule is CCCCCCC[C@H](CCC[C@H]([C@H]1CC[C@H]([C@H]2CC[C@H]([C@@H](O)CCCCCCCCCCCCC3=C[C@H](C)OC3=O)O2)O1)N(NC(=O)OCC)C(=O)OCC)N(NC(=O)OCC)C(=O)OCC. The lowest BCUT2D eigenvalue weighted by atomic mass is 9.96. The van der Waals surface area contributed by atoms with Gasteiger partial charge in [-0.25, -0.2) is 44.8 Å². The molecular weight excluding hydrogens is 865 g/mol. The summed E-state index contributed by atoms with van der Waals surface area (Å²) in [7, 11) is 0. The fourth-order valence-electron chi connectivity index (χ4n) is 9.47. The maximum Gasteiger partial charge on any atom is 0.429 e. The number of unbranched alkanes of at least 4 members (excludes halogenated alkanes) is 13. The van der Waals surface area contributed by atoms with E-state index in [0.29, 0.717) is 44.9 Å². The van der Waals surface area contributed by atoms with Crippen molar-refractivity contribution in [2.45, 2.75) is 251 Å². The maximum absolute atomic E-state index is 13.6. The highest BCUT2D eigenvalue weighted by Gasteiger charge is 2.44. The number of esters is 1. The second-order valence-electron chi connectivity index (χ2n) is 18.2. The molecule has 3 rings (SSSR count). The minimum atomic E-state index is -0.801. The van der Waals surface area contributed by atoms with Gasteiger partial charge in [-0.15, -0.1) is 0 Å². The summed E-state index contributed by atoms with van der Waals surface area (Å²) in [4.78, 5) is 64.1. The predicted molar refractivity (Wildman–Crippen MR) is 254 cm³/mol. The molecule has 0 aromatic heterocycles. The van der Waals surface area contributed by atoms with E-state index >= 15 is 0 Å². The Bertz CT molecular complexity index is 1470. The van der Waals surface area contributed by atoms with Gasteiger partial charge in [0.25, 0.3) is 0 Å². The van der Waals surface area contributed by atoms with E-state index in [0.717, 1.165) is 89.0 Å². The Balaban J connectivity index is 1.55. The number of carbonyl (C=O) groups excluding carboxylic acids is 5. The minimum absolute atomic E-state index is 0.0798. The Morgan fingerprint density at radius 2 is 1.09 bits per heavy atom. The summed E-state index contributed by atoms with van der Waals surface area (Å²) in [6, 6.07) is -1.12. The fraction of sp³-hybridized carbons (Fsp3) is 0.860. The van der Waals surface area contributed by atoms with Crippen molar-refractivity contribution in [3.8, 4) is 0 Å². The number of hydrogen-bond donors (Lipinski definition) is 3. The summed E-state index contributed by atoms with van der Waals surface area (Å²) in [5.41, 5.74) is 6.05. The van der Waals surface area contributed by atoms with E-state index in [2.05, 4.69) is 17.8 Å². The van der Waals surface area contributed by atoms with E-state index in [1.54, 1.807) is 27.7 Å². The standard InChI is InChI=1S/C50H88N4O13/c1-7-12-13-20-24-28-39(53(49(59)63-10-4)51-47(57)61-8-2)29-26-30-40(54(50(60)64-11-5)52-48(58)62-9-3)42-32-34-44(66-42)45-35-33-43(67-45)41(55)31-25-22-19-17-15-14-16-18-21-23-27-38-36-37(6)65-46(38)56/h36-37,39-45,55H,7-35H2,1-6H3,(H,51,57)(H,52,58)/t37-,39+,40+,41-,42+,43+,44+,45+/m0/s1. The first-order valence-electron chi connectivity index (χ1n) is 26.1. The van der Waals surface area contributed by atoms with Gasteiger partial charge in [0, 0.05) is 5.57 Å². The van der Waals surface area contributed by atoms with Gasteiger partial charge in [-0.05, 0) is 111 Å². The number of cyclic esters (lactones) is 1. The molecule has 67 heavy (non-hydrogen) atoms. The van der Waals surface area contributed by atoms with Crippen molar-refractivity contribution in [1.29, 1.82) is 0 Å². The Morgan fingerprint density at radius 3 is 1.64 bits per heavy atom. The first kappa shape index (κ1) is 57.5. The molecule has 17 heteroatoms. The molecule has 4 amide bonds. The van der Waals surface area contributed by atoms with E-state index in [1.807, 2.05) is 13.0 Å². The highest BCUT2D eigenvalue weighted by Crippen LogP contribution is 2.36. The van der Waals surface area contributed by atoms with Gasteiger partial charge in [0.2, 0.25) is 0 Å². The van der Waals surface area contributed by atoms with Gasteiger partial charge in [-0.3, -0.25) is 0 Å². The topological polar surface area (TPSA) is 201 Å². The van der Waals surface area contributed by atoms with Gasteiger partial charge >= 0.3 is 30.3 Å². The monoisotopic (exact) mass is 953 g/mol. The first-order chi connectivity index (χ1) is 32.4. The number of hydrogen-bond acceptors (Lipinski definition) is 13. The summed E-state index contributed by atoms with van der Waals surface area (Å²) < 4.78 is 39.5. The van der Waals surface area contributed by atoms with Crippen molar-refractivity contribution in [3.05, 3.63) is 11.6 Å². The number of ether oxygens (including phenoxy) is 7. The molecule has 8 atom stereocenters. The summed E-state index contributed by atoms with van der Waals surface area (Å²) in [5, 5.41) is 13.5. The predicted octanol–water partition coefficient (Wildman–Crippen LogP) is 10.5. The molecule has 0 spiro atoms. The summed E-state index contributed by atoms with van der Waals surface area (Å²) in [5.74, 6) is -0.152. The van der Waals surface area contributed by atoms with Crippen LogP contribution < -0.4 is 10.9 Å². The number of nitrogens with zero attached hydrogens (tertiary/aromatic N) is 2. The van der Waals surface area contributed by atoms with Crippen molar-refractivity contribution in [2.24, 2.45) is 0 Å². The lowest BCUT2D eigenvalue weighted by Crippen LogP contribution is -2.56. The molecule has 0 bridgehead atoms. The van der Waals surface area contributed by atoms with Crippen LogP contribution in [0.1, 0.15) is 202 Å². The summed E-state index contributed by atoms with van der Waals surface area (Å²) >= 11 is 0. The Hall–Kier alpha value is -3.83. The largest absolute Gasteiger partial charge is 0.455 e. The molecule has 3 heterocycles. The number of nitrogens with one attached hydrogen (secondary N) is 2. The third kappa shape index (κ3) is 21.6. The zero-order valence-corrected chi connectivity index (χ0v) is 41.9. The Kier molecular flexibility index (Phi) is 28.9. The minimum Gasteiger partial charge on any atom is -0.455 e. The molecule has 0 aliphatic carbocycles. The number of hydrazine groups is 2. The van der Waals surface area contributed by atoms with Crippen molar-refractivity contribution in [2.75, 3.05) is 26.4 Å². The Labute approximate surface area is 401 Å². The lowest BCUT2D eigenvalue weighted by Gasteiger charge is -2.35. The average molecular weight is 953 g/mol. The van der Waals surface area contributed by atoms with Crippen LogP contribution in [0, 0.1) is 0 Å². The molecule has 0 saturated carbocycles. The fourth-order valence-corrected chi connectivity index (χ4v) is 9.47. The van der Waals surface area contributed by atoms with Crippen LogP contribution >= 0.6 is 0 Å². The van der Waals surface area contributed by atoms with Crippen LogP contribution in [0.2, 0.25) is 0 Å². The Morgan fingerprint density at radius 1 is 0.612 bits per heavy atom. The van der Waals surface area contributed by atoms with Crippen molar-refractivity contribution in [3.63, 3.8) is 0 Å². The molecule has 2 saturated heterocycles. The lowest BCUT2D eigenvalue weighted by molar-refractivity contribution is -0.139. The van der Waals surface area contributed by atoms with E-state index < -0.39 is 48.7 Å². The van der Waals surface area contributed by atoms with Gasteiger partial charge in [0.05, 0.1) is 69.0 Å². The average Bonchev–Trinajstić information content (AvgIpc) is 4.07. The van der Waals surface area contributed by atoms with Crippen molar-refractivity contribution in [1.82, 2.24) is 20.9 Å². The molecule has 0 radical (unpaired) electrons. The van der Waals surface area contributed by atoms with Gasteiger partial charge < -0.3 is 38.3 Å². The third-order valence-electron chi connectivity index (χ3n) is 12.9. The number of aliphatic hydroxyl groups is 1. The molecule has 0 unspecified atom stereocenters. The number of rotatable bonds is 32. The van der Waals surface area contributed by atoms with Crippen LogP contribution in [0.15, 0.2) is 11.6 Å². The summed E-state index contributed by atoms with van der Waals surface area (Å²) in [6.07, 6.45) is 19.5. The van der Waals surface area contributed by atoms with Gasteiger partial charge in [0.1, 0.15) is 6.10 Å². The molecule has 386 valence electrons. The molecule has 3 aliphatic rings. The maximum atomic E-state index is 13.6. The highest BCUT2D eigenvalue weighted by molar-refractivity contribution is 5.90. The molecule has 0 aromatic rings. The molecule has 3 aliphatic heterocycles. The number of carbonyl (C=O) groups is 5. The molecule has 0 aromatic carbocycles. The molecule has 3 N–H and O–H groups in total. The quantitative estimate of drug-likeness (QED) is 0.0249. The van der Waals surface area contributed by atoms with Crippen LogP contribution in [-0.2, 0) is 38.0 Å². The molecule has 2 fully saturated rings. The van der Waals surface area contributed by atoms with Crippen LogP contribution in [0.3, 0.4) is 0 Å². The van der Waals surface area contributed by atoms with Gasteiger partial charge in [0.15, 0.2) is 0 Å². The smallest absolute Gasteiger partial charge is 0.429 e. The van der Waals surface area contributed by atoms with Gasteiger partial charge in [-0.1, -0.05) is 96.8 Å².